The van der Waals surface area contributed by atoms with Crippen molar-refractivity contribution in [2.24, 2.45) is 0 Å². The van der Waals surface area contributed by atoms with E-state index in [1.165, 1.54) is 17.4 Å². The molecule has 1 amide bonds. The summed E-state index contributed by atoms with van der Waals surface area (Å²) >= 11 is 8.83. The maximum Gasteiger partial charge on any atom is 0.250 e. The fourth-order valence-corrected chi connectivity index (χ4v) is 5.44. The van der Waals surface area contributed by atoms with Gasteiger partial charge in [-0.2, -0.15) is 0 Å². The molecule has 1 N–H and O–H groups in total. The third kappa shape index (κ3) is 6.06. The smallest absolute Gasteiger partial charge is 0.250 e. The van der Waals surface area contributed by atoms with Gasteiger partial charge in [0.05, 0.1) is 11.9 Å². The predicted octanol–water partition coefficient (Wildman–Crippen LogP) is 3.88. The summed E-state index contributed by atoms with van der Waals surface area (Å²) in [6, 6.07) is 5.47. The third-order valence-electron chi connectivity index (χ3n) is 3.46. The minimum Gasteiger partial charge on any atom is -0.299 e. The van der Waals surface area contributed by atoms with Gasteiger partial charge in [0, 0.05) is 10.8 Å². The molecule has 1 atom stereocenters. The Kier molecular flexibility index (Phi) is 7.90. The van der Waals surface area contributed by atoms with Crippen molar-refractivity contribution in [3.8, 4) is 0 Å². The highest BCUT2D eigenvalue weighted by atomic mass is 35.5. The topological polar surface area (TPSA) is 92.3 Å². The highest BCUT2D eigenvalue weighted by Gasteiger charge is 2.32. The van der Waals surface area contributed by atoms with Crippen molar-refractivity contribution in [1.29, 1.82) is 0 Å². The zero-order chi connectivity index (χ0) is 20.0. The third-order valence-corrected chi connectivity index (χ3v) is 7.05. The molecule has 1 aromatic carbocycles. The Hall–Kier alpha value is -1.36. The molecule has 27 heavy (non-hydrogen) atoms. The molecule has 11 heteroatoms. The standard InChI is InChI=1S/C16H21ClN4O3S3/c1-4-9-25-16-20-19-15(26-16)18-14(22)13(5-2)21(27(3,23)24)12-8-6-7-11(17)10-12/h6-8,10,13H,4-5,9H2,1-3H3,(H,18,19,22)/t13-/m1/s1. The fraction of sp³-hybridized carbons (Fsp3) is 0.438. The summed E-state index contributed by atoms with van der Waals surface area (Å²) in [5, 5.41) is 11.4. The highest BCUT2D eigenvalue weighted by Crippen LogP contribution is 2.28. The molecular formula is C16H21ClN4O3S3. The normalized spacial score (nSPS) is 12.6. The molecule has 0 bridgehead atoms. The molecule has 7 nitrogen and oxygen atoms in total. The van der Waals surface area contributed by atoms with Crippen molar-refractivity contribution in [3.05, 3.63) is 29.3 Å². The minimum atomic E-state index is -3.71. The molecule has 2 rings (SSSR count). The van der Waals surface area contributed by atoms with Gasteiger partial charge < -0.3 is 0 Å². The van der Waals surface area contributed by atoms with Gasteiger partial charge in [0.15, 0.2) is 4.34 Å². The second-order valence-corrected chi connectivity index (χ2v) is 10.3. The summed E-state index contributed by atoms with van der Waals surface area (Å²) in [6.07, 6.45) is 2.35. The Morgan fingerprint density at radius 2 is 2.11 bits per heavy atom. The van der Waals surface area contributed by atoms with Crippen LogP contribution in [-0.2, 0) is 14.8 Å². The number of benzene rings is 1. The van der Waals surface area contributed by atoms with Gasteiger partial charge in [-0.05, 0) is 31.0 Å². The van der Waals surface area contributed by atoms with Crippen molar-refractivity contribution < 1.29 is 13.2 Å². The quantitative estimate of drug-likeness (QED) is 0.462. The van der Waals surface area contributed by atoms with E-state index in [-0.39, 0.29) is 6.42 Å². The van der Waals surface area contributed by atoms with Gasteiger partial charge in [0.2, 0.25) is 21.1 Å². The summed E-state index contributed by atoms with van der Waals surface area (Å²) in [5.74, 6) is 0.447. The fourth-order valence-electron chi connectivity index (χ4n) is 2.37. The molecule has 1 heterocycles. The van der Waals surface area contributed by atoms with Crippen LogP contribution in [0.25, 0.3) is 0 Å². The number of nitrogens with one attached hydrogen (secondary N) is 1. The van der Waals surface area contributed by atoms with E-state index in [1.54, 1.807) is 36.9 Å². The van der Waals surface area contributed by atoms with Gasteiger partial charge in [-0.25, -0.2) is 8.42 Å². The Labute approximate surface area is 172 Å². The lowest BCUT2D eigenvalue weighted by Crippen LogP contribution is -2.47. The van der Waals surface area contributed by atoms with E-state index in [9.17, 15) is 13.2 Å². The van der Waals surface area contributed by atoms with E-state index in [1.807, 2.05) is 0 Å². The van der Waals surface area contributed by atoms with Crippen LogP contribution in [0.5, 0.6) is 0 Å². The molecule has 148 valence electrons. The van der Waals surface area contributed by atoms with Crippen molar-refractivity contribution >= 4 is 61.4 Å². The van der Waals surface area contributed by atoms with Crippen LogP contribution in [0.3, 0.4) is 0 Å². The number of nitrogens with zero attached hydrogens (tertiary/aromatic N) is 3. The summed E-state index contributed by atoms with van der Waals surface area (Å²) < 4.78 is 26.6. The maximum atomic E-state index is 12.8. The van der Waals surface area contributed by atoms with Gasteiger partial charge >= 0.3 is 0 Å². The molecule has 0 unspecified atom stereocenters. The van der Waals surface area contributed by atoms with E-state index in [0.29, 0.717) is 15.8 Å². The van der Waals surface area contributed by atoms with Crippen molar-refractivity contribution in [2.75, 3.05) is 21.6 Å². The average Bonchev–Trinajstić information content (AvgIpc) is 3.03. The molecule has 0 saturated heterocycles. The number of hydrogen-bond donors (Lipinski definition) is 1. The van der Waals surface area contributed by atoms with Crippen molar-refractivity contribution in [1.82, 2.24) is 10.2 Å². The number of halogens is 1. The molecule has 0 spiro atoms. The van der Waals surface area contributed by atoms with Crippen LogP contribution in [0.15, 0.2) is 28.6 Å². The Balaban J connectivity index is 2.25. The minimum absolute atomic E-state index is 0.279. The molecule has 0 aliphatic carbocycles. The SMILES string of the molecule is CCCSc1nnc(NC(=O)[C@@H](CC)N(c2cccc(Cl)c2)S(C)(=O)=O)s1. The van der Waals surface area contributed by atoms with Crippen molar-refractivity contribution in [3.63, 3.8) is 0 Å². The zero-order valence-electron chi connectivity index (χ0n) is 15.2. The zero-order valence-corrected chi connectivity index (χ0v) is 18.4. The van der Waals surface area contributed by atoms with Gasteiger partial charge in [-0.3, -0.25) is 14.4 Å². The summed E-state index contributed by atoms with van der Waals surface area (Å²) in [6.45, 7) is 3.81. The summed E-state index contributed by atoms with van der Waals surface area (Å²) in [7, 11) is -3.71. The first kappa shape index (κ1) is 21.9. The van der Waals surface area contributed by atoms with Crippen LogP contribution in [-0.4, -0.2) is 42.6 Å². The lowest BCUT2D eigenvalue weighted by molar-refractivity contribution is -0.117. The van der Waals surface area contributed by atoms with Crippen LogP contribution in [0.4, 0.5) is 10.8 Å². The second-order valence-electron chi connectivity index (χ2n) is 5.67. The van der Waals surface area contributed by atoms with Gasteiger partial charge in [-0.15, -0.1) is 10.2 Å². The summed E-state index contributed by atoms with van der Waals surface area (Å²) in [5.41, 5.74) is 0.337. The number of carbonyl (C=O) groups is 1. The highest BCUT2D eigenvalue weighted by molar-refractivity contribution is 8.01. The van der Waals surface area contributed by atoms with Crippen LogP contribution < -0.4 is 9.62 Å². The number of hydrogen-bond acceptors (Lipinski definition) is 7. The number of rotatable bonds is 9. The van der Waals surface area contributed by atoms with Gasteiger partial charge in [0.1, 0.15) is 6.04 Å². The van der Waals surface area contributed by atoms with Crippen LogP contribution >= 0.6 is 34.7 Å². The van der Waals surface area contributed by atoms with E-state index in [4.69, 9.17) is 11.6 Å². The van der Waals surface area contributed by atoms with Crippen LogP contribution in [0.1, 0.15) is 26.7 Å². The van der Waals surface area contributed by atoms with Gasteiger partial charge in [-0.1, -0.05) is 54.6 Å². The van der Waals surface area contributed by atoms with Gasteiger partial charge in [0.25, 0.3) is 0 Å². The lowest BCUT2D eigenvalue weighted by Gasteiger charge is -2.29. The summed E-state index contributed by atoms with van der Waals surface area (Å²) in [4.78, 5) is 12.8. The van der Waals surface area contributed by atoms with E-state index in [0.717, 1.165) is 27.1 Å². The number of thioether (sulfide) groups is 1. The first-order valence-electron chi connectivity index (χ1n) is 8.28. The molecular weight excluding hydrogens is 428 g/mol. The first-order valence-corrected chi connectivity index (χ1v) is 12.3. The molecule has 0 aliphatic rings. The number of amides is 1. The van der Waals surface area contributed by atoms with Crippen molar-refractivity contribution in [2.45, 2.75) is 37.1 Å². The largest absolute Gasteiger partial charge is 0.299 e. The molecule has 0 radical (unpaired) electrons. The molecule has 0 saturated carbocycles. The molecule has 2 aromatic rings. The second kappa shape index (κ2) is 9.72. The number of carbonyl (C=O) groups excluding carboxylic acids is 1. The first-order chi connectivity index (χ1) is 12.8. The number of anilines is 2. The van der Waals surface area contributed by atoms with E-state index in [2.05, 4.69) is 22.4 Å². The maximum absolute atomic E-state index is 12.8. The Morgan fingerprint density at radius 3 is 2.70 bits per heavy atom. The van der Waals surface area contributed by atoms with E-state index >= 15 is 0 Å². The molecule has 0 aliphatic heterocycles. The number of aromatic nitrogens is 2. The van der Waals surface area contributed by atoms with Crippen LogP contribution in [0.2, 0.25) is 5.02 Å². The predicted molar refractivity (Wildman–Crippen MR) is 112 cm³/mol. The monoisotopic (exact) mass is 448 g/mol. The molecule has 1 aromatic heterocycles. The lowest BCUT2D eigenvalue weighted by atomic mass is 10.2. The molecule has 0 fully saturated rings. The van der Waals surface area contributed by atoms with Crippen LogP contribution in [0, 0.1) is 0 Å². The Bertz CT molecular complexity index is 889. The number of sulfonamides is 1. The van der Waals surface area contributed by atoms with E-state index < -0.39 is 22.0 Å². The average molecular weight is 449 g/mol. The Morgan fingerprint density at radius 1 is 1.37 bits per heavy atom.